The Morgan fingerprint density at radius 3 is 3.00 bits per heavy atom. The topological polar surface area (TPSA) is 41.6 Å². The number of nitrogens with one attached hydrogen (secondary N) is 1. The van der Waals surface area contributed by atoms with Crippen LogP contribution in [0, 0.1) is 0 Å². The lowest BCUT2D eigenvalue weighted by Gasteiger charge is -2.35. The van der Waals surface area contributed by atoms with Crippen molar-refractivity contribution in [3.8, 4) is 0 Å². The molecule has 0 aliphatic carbocycles. The third kappa shape index (κ3) is 2.97. The van der Waals surface area contributed by atoms with Crippen LogP contribution in [-0.2, 0) is 16.0 Å². The van der Waals surface area contributed by atoms with Crippen LogP contribution in [0.4, 0.5) is 0 Å². The molecule has 2 aliphatic heterocycles. The van der Waals surface area contributed by atoms with Gasteiger partial charge in [0.15, 0.2) is 6.10 Å². The molecule has 2 heterocycles. The third-order valence-electron chi connectivity index (χ3n) is 3.90. The molecule has 0 bridgehead atoms. The van der Waals surface area contributed by atoms with Crippen LogP contribution in [-0.4, -0.2) is 43.1 Å². The monoisotopic (exact) mass is 296 g/mol. The van der Waals surface area contributed by atoms with Crippen LogP contribution >= 0.6 is 12.4 Å². The number of ether oxygens (including phenoxy) is 1. The second-order valence-corrected chi connectivity index (χ2v) is 5.34. The van der Waals surface area contributed by atoms with Gasteiger partial charge in [0.05, 0.1) is 6.61 Å². The number of fused-ring (bicyclic) bond motifs is 1. The van der Waals surface area contributed by atoms with Gasteiger partial charge in [-0.1, -0.05) is 24.3 Å². The Bertz CT molecular complexity index is 481. The highest BCUT2D eigenvalue weighted by Crippen LogP contribution is 2.28. The molecule has 2 atom stereocenters. The summed E-state index contributed by atoms with van der Waals surface area (Å²) in [4.78, 5) is 14.6. The summed E-state index contributed by atoms with van der Waals surface area (Å²) in [7, 11) is 0. The van der Waals surface area contributed by atoms with Gasteiger partial charge in [-0.2, -0.15) is 0 Å². The Morgan fingerprint density at radius 2 is 2.20 bits per heavy atom. The summed E-state index contributed by atoms with van der Waals surface area (Å²) in [5, 5.41) is 3.35. The minimum atomic E-state index is -0.407. The molecular formula is C15H21ClN2O2. The van der Waals surface area contributed by atoms with E-state index < -0.39 is 6.10 Å². The third-order valence-corrected chi connectivity index (χ3v) is 3.90. The van der Waals surface area contributed by atoms with Crippen molar-refractivity contribution in [2.45, 2.75) is 25.5 Å². The van der Waals surface area contributed by atoms with E-state index in [-0.39, 0.29) is 18.3 Å². The Labute approximate surface area is 125 Å². The summed E-state index contributed by atoms with van der Waals surface area (Å²) in [5.41, 5.74) is 2.29. The van der Waals surface area contributed by atoms with Crippen molar-refractivity contribution >= 4 is 18.3 Å². The van der Waals surface area contributed by atoms with Gasteiger partial charge in [0.25, 0.3) is 5.91 Å². The predicted molar refractivity (Wildman–Crippen MR) is 80.1 cm³/mol. The van der Waals surface area contributed by atoms with E-state index >= 15 is 0 Å². The van der Waals surface area contributed by atoms with Crippen molar-refractivity contribution in [2.75, 3.05) is 26.2 Å². The van der Waals surface area contributed by atoms with Crippen LogP contribution in [0.1, 0.15) is 24.2 Å². The number of piperazine rings is 1. The number of rotatable bonds is 1. The highest BCUT2D eigenvalue weighted by molar-refractivity contribution is 5.85. The summed E-state index contributed by atoms with van der Waals surface area (Å²) in [6.45, 7) is 5.14. The summed E-state index contributed by atoms with van der Waals surface area (Å²) in [6, 6.07) is 8.48. The second-order valence-electron chi connectivity index (χ2n) is 5.34. The number of carbonyl (C=O) groups is 1. The first-order valence-corrected chi connectivity index (χ1v) is 6.97. The number of carbonyl (C=O) groups excluding carboxylic acids is 1. The van der Waals surface area contributed by atoms with Gasteiger partial charge >= 0.3 is 0 Å². The quantitative estimate of drug-likeness (QED) is 0.855. The Hall–Kier alpha value is -1.10. The van der Waals surface area contributed by atoms with Crippen molar-refractivity contribution < 1.29 is 9.53 Å². The number of benzene rings is 1. The minimum Gasteiger partial charge on any atom is -0.363 e. The predicted octanol–water partition coefficient (Wildman–Crippen LogP) is 1.54. The highest BCUT2D eigenvalue weighted by Gasteiger charge is 2.32. The van der Waals surface area contributed by atoms with Crippen LogP contribution in [0.25, 0.3) is 0 Å². The maximum absolute atomic E-state index is 12.6. The molecule has 0 spiro atoms. The van der Waals surface area contributed by atoms with E-state index in [0.29, 0.717) is 12.6 Å². The summed E-state index contributed by atoms with van der Waals surface area (Å²) < 4.78 is 5.74. The van der Waals surface area contributed by atoms with Gasteiger partial charge in [-0.15, -0.1) is 12.4 Å². The number of nitrogens with zero attached hydrogens (tertiary/aromatic N) is 1. The van der Waals surface area contributed by atoms with Crippen LogP contribution in [0.5, 0.6) is 0 Å². The first-order chi connectivity index (χ1) is 9.25. The molecule has 20 heavy (non-hydrogen) atoms. The fourth-order valence-electron chi connectivity index (χ4n) is 2.90. The lowest BCUT2D eigenvalue weighted by molar-refractivity contribution is -0.146. The van der Waals surface area contributed by atoms with E-state index in [1.165, 1.54) is 5.56 Å². The van der Waals surface area contributed by atoms with Gasteiger partial charge in [-0.05, 0) is 24.5 Å². The van der Waals surface area contributed by atoms with E-state index in [1.807, 2.05) is 23.1 Å². The summed E-state index contributed by atoms with van der Waals surface area (Å²) in [6.07, 6.45) is 0.494. The Kier molecular flexibility index (Phi) is 5.02. The van der Waals surface area contributed by atoms with Gasteiger partial charge in [-0.25, -0.2) is 0 Å². The SMILES string of the molecule is C[C@H]1CN(C(=O)C2OCCc3ccccc32)CCN1.Cl. The lowest BCUT2D eigenvalue weighted by atomic mass is 9.96. The highest BCUT2D eigenvalue weighted by atomic mass is 35.5. The average molecular weight is 297 g/mol. The largest absolute Gasteiger partial charge is 0.363 e. The smallest absolute Gasteiger partial charge is 0.256 e. The zero-order chi connectivity index (χ0) is 13.2. The van der Waals surface area contributed by atoms with E-state index in [1.54, 1.807) is 0 Å². The number of hydrogen-bond donors (Lipinski definition) is 1. The molecule has 0 saturated carbocycles. The van der Waals surface area contributed by atoms with E-state index in [9.17, 15) is 4.79 Å². The first-order valence-electron chi connectivity index (χ1n) is 6.97. The molecule has 0 aromatic heterocycles. The van der Waals surface area contributed by atoms with Gasteiger partial charge < -0.3 is 15.0 Å². The molecule has 1 aromatic carbocycles. The van der Waals surface area contributed by atoms with E-state index in [2.05, 4.69) is 18.3 Å². The second kappa shape index (κ2) is 6.57. The van der Waals surface area contributed by atoms with Gasteiger partial charge in [0.1, 0.15) is 0 Å². The summed E-state index contributed by atoms with van der Waals surface area (Å²) >= 11 is 0. The van der Waals surface area contributed by atoms with Crippen molar-refractivity contribution in [3.05, 3.63) is 35.4 Å². The van der Waals surface area contributed by atoms with E-state index in [0.717, 1.165) is 31.6 Å². The molecule has 3 rings (SSSR count). The van der Waals surface area contributed by atoms with Crippen molar-refractivity contribution in [1.82, 2.24) is 10.2 Å². The van der Waals surface area contributed by atoms with Crippen LogP contribution in [0.15, 0.2) is 24.3 Å². The molecule has 1 aromatic rings. The Balaban J connectivity index is 0.00000147. The standard InChI is InChI=1S/C15H20N2O2.ClH/c1-11-10-17(8-7-16-11)15(18)14-13-5-3-2-4-12(13)6-9-19-14;/h2-5,11,14,16H,6-10H2,1H3;1H/t11-,14?;/m0./s1. The van der Waals surface area contributed by atoms with Crippen LogP contribution in [0.2, 0.25) is 0 Å². The van der Waals surface area contributed by atoms with Crippen LogP contribution < -0.4 is 5.32 Å². The molecule has 2 aliphatic rings. The lowest BCUT2D eigenvalue weighted by Crippen LogP contribution is -2.53. The van der Waals surface area contributed by atoms with Crippen molar-refractivity contribution in [1.29, 1.82) is 0 Å². The molecule has 1 N–H and O–H groups in total. The van der Waals surface area contributed by atoms with Gasteiger partial charge in [0.2, 0.25) is 0 Å². The van der Waals surface area contributed by atoms with E-state index in [4.69, 9.17) is 4.74 Å². The number of amides is 1. The van der Waals surface area contributed by atoms with Gasteiger partial charge in [-0.3, -0.25) is 4.79 Å². The number of halogens is 1. The maximum Gasteiger partial charge on any atom is 0.256 e. The zero-order valence-corrected chi connectivity index (χ0v) is 12.5. The maximum atomic E-state index is 12.6. The van der Waals surface area contributed by atoms with Crippen LogP contribution in [0.3, 0.4) is 0 Å². The fourth-order valence-corrected chi connectivity index (χ4v) is 2.90. The molecule has 1 fully saturated rings. The number of hydrogen-bond acceptors (Lipinski definition) is 3. The fraction of sp³-hybridized carbons (Fsp3) is 0.533. The molecule has 4 nitrogen and oxygen atoms in total. The molecule has 1 amide bonds. The normalized spacial score (nSPS) is 25.6. The molecule has 1 saturated heterocycles. The van der Waals surface area contributed by atoms with Gasteiger partial charge in [0, 0.05) is 25.7 Å². The summed E-state index contributed by atoms with van der Waals surface area (Å²) in [5.74, 6) is 0.112. The zero-order valence-electron chi connectivity index (χ0n) is 11.7. The average Bonchev–Trinajstić information content (AvgIpc) is 2.46. The van der Waals surface area contributed by atoms with Crippen molar-refractivity contribution in [2.24, 2.45) is 0 Å². The molecule has 110 valence electrons. The molecule has 5 heteroatoms. The molecule has 0 radical (unpaired) electrons. The minimum absolute atomic E-state index is 0. The molecule has 1 unspecified atom stereocenters. The molecular weight excluding hydrogens is 276 g/mol. The van der Waals surface area contributed by atoms with Crippen molar-refractivity contribution in [3.63, 3.8) is 0 Å². The Morgan fingerprint density at radius 1 is 1.40 bits per heavy atom. The first kappa shape index (κ1) is 15.3.